The van der Waals surface area contributed by atoms with Crippen molar-refractivity contribution in [2.75, 3.05) is 7.11 Å². The van der Waals surface area contributed by atoms with Crippen molar-refractivity contribution in [2.45, 2.75) is 38.4 Å². The summed E-state index contributed by atoms with van der Waals surface area (Å²) in [5, 5.41) is 12.0. The Morgan fingerprint density at radius 2 is 2.36 bits per heavy atom. The van der Waals surface area contributed by atoms with Crippen LogP contribution in [0.1, 0.15) is 25.1 Å². The molecule has 1 heterocycles. The number of thiophene rings is 1. The minimum atomic E-state index is -0.434. The number of hydrogen-bond donors (Lipinski definition) is 1. The minimum absolute atomic E-state index is 0.427. The molecule has 0 fully saturated rings. The second-order valence-electron chi connectivity index (χ2n) is 3.67. The fourth-order valence-corrected chi connectivity index (χ4v) is 2.09. The number of methoxy groups -OCH3 is 1. The first-order chi connectivity index (χ1) is 6.62. The van der Waals surface area contributed by atoms with E-state index in [2.05, 4.69) is 0 Å². The summed E-state index contributed by atoms with van der Waals surface area (Å²) < 4.78 is 5.35. The van der Waals surface area contributed by atoms with Crippen molar-refractivity contribution >= 4 is 11.3 Å². The summed E-state index contributed by atoms with van der Waals surface area (Å²) in [5.74, 6) is 0. The van der Waals surface area contributed by atoms with Gasteiger partial charge >= 0.3 is 0 Å². The lowest BCUT2D eigenvalue weighted by atomic mass is 9.93. The molecule has 2 nitrogen and oxygen atoms in total. The fraction of sp³-hybridized carbons (Fsp3) is 0.636. The molecule has 0 aliphatic rings. The van der Waals surface area contributed by atoms with Gasteiger partial charge < -0.3 is 9.84 Å². The Labute approximate surface area is 89.5 Å². The first-order valence-electron chi connectivity index (χ1n) is 4.88. The molecule has 0 aromatic carbocycles. The Balaban J connectivity index is 2.60. The van der Waals surface area contributed by atoms with Crippen molar-refractivity contribution in [3.05, 3.63) is 22.4 Å². The number of rotatable bonds is 5. The highest BCUT2D eigenvalue weighted by atomic mass is 32.1. The molecule has 3 heteroatoms. The average molecular weight is 214 g/mol. The first kappa shape index (κ1) is 11.7. The molecule has 2 atom stereocenters. The quantitative estimate of drug-likeness (QED) is 0.816. The van der Waals surface area contributed by atoms with Gasteiger partial charge in [0.05, 0.1) is 11.7 Å². The molecule has 80 valence electrons. The first-order valence-corrected chi connectivity index (χ1v) is 5.76. The Bertz CT molecular complexity index is 252. The van der Waals surface area contributed by atoms with Crippen LogP contribution in [0.3, 0.4) is 0 Å². The summed E-state index contributed by atoms with van der Waals surface area (Å²) in [7, 11) is 1.65. The van der Waals surface area contributed by atoms with Crippen LogP contribution in [0.5, 0.6) is 0 Å². The number of aliphatic hydroxyl groups excluding tert-OH is 1. The molecule has 1 N–H and O–H groups in total. The van der Waals surface area contributed by atoms with Crippen molar-refractivity contribution in [3.8, 4) is 0 Å². The van der Waals surface area contributed by atoms with Gasteiger partial charge in [0.2, 0.25) is 0 Å². The van der Waals surface area contributed by atoms with E-state index >= 15 is 0 Å². The summed E-state index contributed by atoms with van der Waals surface area (Å²) in [5.41, 5.74) is -0.427. The third-order valence-electron chi connectivity index (χ3n) is 2.85. The van der Waals surface area contributed by atoms with Crippen LogP contribution in [0.2, 0.25) is 0 Å². The lowest BCUT2D eigenvalue weighted by Crippen LogP contribution is -2.41. The van der Waals surface area contributed by atoms with Crippen molar-refractivity contribution in [3.63, 3.8) is 0 Å². The van der Waals surface area contributed by atoms with Gasteiger partial charge in [-0.1, -0.05) is 13.0 Å². The Morgan fingerprint density at radius 1 is 1.64 bits per heavy atom. The topological polar surface area (TPSA) is 29.5 Å². The zero-order valence-electron chi connectivity index (χ0n) is 8.99. The van der Waals surface area contributed by atoms with Gasteiger partial charge in [0.1, 0.15) is 0 Å². The molecular formula is C11H18O2S. The summed E-state index contributed by atoms with van der Waals surface area (Å²) in [6.07, 6.45) is 1.06. The molecule has 0 spiro atoms. The normalized spacial score (nSPS) is 17.7. The van der Waals surface area contributed by atoms with E-state index in [1.54, 1.807) is 18.4 Å². The van der Waals surface area contributed by atoms with Gasteiger partial charge in [-0.2, -0.15) is 0 Å². The highest BCUT2D eigenvalue weighted by Gasteiger charge is 2.31. The van der Waals surface area contributed by atoms with E-state index in [1.165, 1.54) is 4.88 Å². The number of ether oxygens (including phenoxy) is 1. The molecule has 0 aliphatic carbocycles. The summed E-state index contributed by atoms with van der Waals surface area (Å²) in [4.78, 5) is 1.20. The van der Waals surface area contributed by atoms with Crippen molar-refractivity contribution < 1.29 is 9.84 Å². The Hall–Kier alpha value is -0.380. The minimum Gasteiger partial charge on any atom is -0.390 e. The van der Waals surface area contributed by atoms with E-state index in [9.17, 15) is 5.11 Å². The van der Waals surface area contributed by atoms with Crippen LogP contribution in [-0.4, -0.2) is 23.9 Å². The van der Waals surface area contributed by atoms with E-state index in [1.807, 2.05) is 31.4 Å². The molecule has 1 aromatic rings. The van der Waals surface area contributed by atoms with Gasteiger partial charge in [-0.3, -0.25) is 0 Å². The van der Waals surface area contributed by atoms with E-state index in [4.69, 9.17) is 4.74 Å². The largest absolute Gasteiger partial charge is 0.390 e. The van der Waals surface area contributed by atoms with E-state index < -0.39 is 11.7 Å². The standard InChI is InChI=1S/C11H18O2S/c1-4-11(2,13-3)10(12)8-9-6-5-7-14-9/h5-7,10,12H,4,8H2,1-3H3. The molecule has 0 saturated heterocycles. The molecule has 1 aromatic heterocycles. The van der Waals surface area contributed by atoms with Crippen LogP contribution in [0.4, 0.5) is 0 Å². The third-order valence-corrected chi connectivity index (χ3v) is 3.75. The van der Waals surface area contributed by atoms with Crippen LogP contribution in [0.25, 0.3) is 0 Å². The molecule has 0 radical (unpaired) electrons. The Kier molecular flexibility index (Phi) is 4.11. The van der Waals surface area contributed by atoms with Gasteiger partial charge in [0, 0.05) is 18.4 Å². The summed E-state index contributed by atoms with van der Waals surface area (Å²) in [6, 6.07) is 4.04. The molecule has 2 unspecified atom stereocenters. The van der Waals surface area contributed by atoms with Gasteiger partial charge in [-0.05, 0) is 24.8 Å². The van der Waals surface area contributed by atoms with Crippen molar-refractivity contribution in [1.29, 1.82) is 0 Å². The maximum absolute atomic E-state index is 10.0. The van der Waals surface area contributed by atoms with Crippen LogP contribution in [0, 0.1) is 0 Å². The maximum atomic E-state index is 10.0. The number of hydrogen-bond acceptors (Lipinski definition) is 3. The van der Waals surface area contributed by atoms with Crippen LogP contribution in [-0.2, 0) is 11.2 Å². The second kappa shape index (κ2) is 4.91. The lowest BCUT2D eigenvalue weighted by Gasteiger charge is -2.31. The number of aliphatic hydroxyl groups is 1. The van der Waals surface area contributed by atoms with Crippen LogP contribution < -0.4 is 0 Å². The maximum Gasteiger partial charge on any atom is 0.0909 e. The fourth-order valence-electron chi connectivity index (χ4n) is 1.35. The monoisotopic (exact) mass is 214 g/mol. The molecular weight excluding hydrogens is 196 g/mol. The van der Waals surface area contributed by atoms with Gasteiger partial charge in [-0.25, -0.2) is 0 Å². The SMILES string of the molecule is CCC(C)(OC)C(O)Cc1cccs1. The zero-order valence-corrected chi connectivity index (χ0v) is 9.80. The zero-order chi connectivity index (χ0) is 10.6. The smallest absolute Gasteiger partial charge is 0.0909 e. The van der Waals surface area contributed by atoms with Gasteiger partial charge in [0.15, 0.2) is 0 Å². The Morgan fingerprint density at radius 3 is 2.79 bits per heavy atom. The molecule has 0 amide bonds. The molecule has 0 aliphatic heterocycles. The average Bonchev–Trinajstić information content (AvgIpc) is 2.69. The lowest BCUT2D eigenvalue weighted by molar-refractivity contribution is -0.0911. The van der Waals surface area contributed by atoms with Crippen molar-refractivity contribution in [2.24, 2.45) is 0 Å². The van der Waals surface area contributed by atoms with Crippen LogP contribution >= 0.6 is 11.3 Å². The van der Waals surface area contributed by atoms with Crippen LogP contribution in [0.15, 0.2) is 17.5 Å². The summed E-state index contributed by atoms with van der Waals surface area (Å²) in [6.45, 7) is 3.98. The van der Waals surface area contributed by atoms with E-state index in [-0.39, 0.29) is 0 Å². The van der Waals surface area contributed by atoms with Gasteiger partial charge in [0.25, 0.3) is 0 Å². The molecule has 0 bridgehead atoms. The third kappa shape index (κ3) is 2.56. The second-order valence-corrected chi connectivity index (χ2v) is 4.70. The molecule has 1 rings (SSSR count). The predicted octanol–water partition coefficient (Wildman–Crippen LogP) is 2.47. The highest BCUT2D eigenvalue weighted by Crippen LogP contribution is 2.23. The molecule has 0 saturated carbocycles. The molecule has 14 heavy (non-hydrogen) atoms. The van der Waals surface area contributed by atoms with E-state index in [0.717, 1.165) is 6.42 Å². The highest BCUT2D eigenvalue weighted by molar-refractivity contribution is 7.09. The van der Waals surface area contributed by atoms with E-state index in [0.29, 0.717) is 6.42 Å². The van der Waals surface area contributed by atoms with Crippen molar-refractivity contribution in [1.82, 2.24) is 0 Å². The predicted molar refractivity (Wildman–Crippen MR) is 59.7 cm³/mol. The van der Waals surface area contributed by atoms with Gasteiger partial charge in [-0.15, -0.1) is 11.3 Å². The summed E-state index contributed by atoms with van der Waals surface area (Å²) >= 11 is 1.67.